The molecule has 0 radical (unpaired) electrons. The van der Waals surface area contributed by atoms with Gasteiger partial charge in [0.15, 0.2) is 0 Å². The van der Waals surface area contributed by atoms with E-state index in [2.05, 4.69) is 11.4 Å². The fourth-order valence-electron chi connectivity index (χ4n) is 2.61. The first-order valence-electron chi connectivity index (χ1n) is 7.29. The van der Waals surface area contributed by atoms with Crippen LogP contribution in [0, 0.1) is 0 Å². The minimum Gasteiger partial charge on any atom is -0.329 e. The van der Waals surface area contributed by atoms with E-state index in [1.165, 1.54) is 24.1 Å². The number of hydrogen-bond acceptors (Lipinski definition) is 2. The second-order valence-electron chi connectivity index (χ2n) is 5.37. The van der Waals surface area contributed by atoms with Gasteiger partial charge in [-0.2, -0.15) is 13.2 Å². The fraction of sp³-hybridized carbons (Fsp3) is 0.500. The van der Waals surface area contributed by atoms with Crippen LogP contribution >= 0.6 is 0 Å². The molecule has 0 spiro atoms. The SMILES string of the molecule is NCC(NCCC1=CCCC1)c1ccc(C(F)(F)F)cc1. The van der Waals surface area contributed by atoms with Crippen molar-refractivity contribution in [3.8, 4) is 0 Å². The summed E-state index contributed by atoms with van der Waals surface area (Å²) < 4.78 is 37.6. The van der Waals surface area contributed by atoms with Gasteiger partial charge in [0, 0.05) is 12.6 Å². The standard InChI is InChI=1S/C16H21F3N2/c17-16(18,19)14-7-5-13(6-8-14)15(11-20)21-10-9-12-3-1-2-4-12/h3,5-8,15,21H,1-2,4,9-11,20H2. The van der Waals surface area contributed by atoms with Crippen molar-refractivity contribution < 1.29 is 13.2 Å². The average molecular weight is 298 g/mol. The highest BCUT2D eigenvalue weighted by molar-refractivity contribution is 5.27. The van der Waals surface area contributed by atoms with Gasteiger partial charge in [0.1, 0.15) is 0 Å². The van der Waals surface area contributed by atoms with Crippen molar-refractivity contribution in [1.29, 1.82) is 0 Å². The molecule has 5 heteroatoms. The number of hydrogen-bond donors (Lipinski definition) is 2. The van der Waals surface area contributed by atoms with Crippen LogP contribution in [-0.2, 0) is 6.18 Å². The van der Waals surface area contributed by atoms with Crippen molar-refractivity contribution in [2.75, 3.05) is 13.1 Å². The molecule has 1 unspecified atom stereocenters. The molecule has 116 valence electrons. The van der Waals surface area contributed by atoms with Crippen LogP contribution in [0.1, 0.15) is 42.9 Å². The Labute approximate surface area is 123 Å². The topological polar surface area (TPSA) is 38.0 Å². The molecule has 2 rings (SSSR count). The van der Waals surface area contributed by atoms with Crippen molar-refractivity contribution in [3.63, 3.8) is 0 Å². The summed E-state index contributed by atoms with van der Waals surface area (Å²) in [6, 6.07) is 5.12. The molecule has 3 N–H and O–H groups in total. The van der Waals surface area contributed by atoms with Crippen molar-refractivity contribution in [1.82, 2.24) is 5.32 Å². The van der Waals surface area contributed by atoms with E-state index in [1.807, 2.05) is 0 Å². The van der Waals surface area contributed by atoms with Gasteiger partial charge in [0.25, 0.3) is 0 Å². The maximum Gasteiger partial charge on any atom is 0.416 e. The molecule has 1 aromatic rings. The predicted octanol–water partition coefficient (Wildman–Crippen LogP) is 3.80. The van der Waals surface area contributed by atoms with Crippen LogP contribution in [0.4, 0.5) is 13.2 Å². The number of nitrogens with one attached hydrogen (secondary N) is 1. The van der Waals surface area contributed by atoms with Crippen molar-refractivity contribution in [2.24, 2.45) is 5.73 Å². The summed E-state index contributed by atoms with van der Waals surface area (Å²) in [5.74, 6) is 0. The molecule has 1 atom stereocenters. The summed E-state index contributed by atoms with van der Waals surface area (Å²) in [6.45, 7) is 1.17. The lowest BCUT2D eigenvalue weighted by atomic mass is 10.0. The van der Waals surface area contributed by atoms with Crippen LogP contribution < -0.4 is 11.1 Å². The Kier molecular flexibility index (Phi) is 5.42. The highest BCUT2D eigenvalue weighted by Crippen LogP contribution is 2.29. The average Bonchev–Trinajstić information content (AvgIpc) is 2.96. The number of benzene rings is 1. The van der Waals surface area contributed by atoms with Gasteiger partial charge >= 0.3 is 6.18 Å². The third-order valence-electron chi connectivity index (χ3n) is 3.85. The minimum absolute atomic E-state index is 0.103. The maximum absolute atomic E-state index is 12.5. The molecular formula is C16H21F3N2. The van der Waals surface area contributed by atoms with Gasteiger partial charge in [-0.15, -0.1) is 0 Å². The summed E-state index contributed by atoms with van der Waals surface area (Å²) in [4.78, 5) is 0. The van der Waals surface area contributed by atoms with Crippen LogP contribution in [0.5, 0.6) is 0 Å². The Morgan fingerprint density at radius 1 is 1.19 bits per heavy atom. The molecule has 0 amide bonds. The lowest BCUT2D eigenvalue weighted by molar-refractivity contribution is -0.137. The number of rotatable bonds is 6. The van der Waals surface area contributed by atoms with Gasteiger partial charge in [-0.25, -0.2) is 0 Å². The van der Waals surface area contributed by atoms with Gasteiger partial charge in [-0.3, -0.25) is 0 Å². The number of halogens is 3. The molecule has 0 saturated heterocycles. The third kappa shape index (κ3) is 4.58. The molecule has 0 aliphatic heterocycles. The molecule has 0 saturated carbocycles. The lowest BCUT2D eigenvalue weighted by Crippen LogP contribution is -2.29. The number of alkyl halides is 3. The first kappa shape index (κ1) is 16.0. The zero-order valence-electron chi connectivity index (χ0n) is 11.9. The second-order valence-corrected chi connectivity index (χ2v) is 5.37. The summed E-state index contributed by atoms with van der Waals surface area (Å²) in [5.41, 5.74) is 7.36. The molecule has 1 aliphatic rings. The van der Waals surface area contributed by atoms with E-state index < -0.39 is 11.7 Å². The first-order chi connectivity index (χ1) is 10.0. The maximum atomic E-state index is 12.5. The van der Waals surface area contributed by atoms with Gasteiger partial charge in [0.2, 0.25) is 0 Å². The van der Waals surface area contributed by atoms with Crippen molar-refractivity contribution >= 4 is 0 Å². The van der Waals surface area contributed by atoms with E-state index in [9.17, 15) is 13.2 Å². The van der Waals surface area contributed by atoms with E-state index >= 15 is 0 Å². The van der Waals surface area contributed by atoms with Crippen molar-refractivity contribution in [2.45, 2.75) is 37.9 Å². The van der Waals surface area contributed by atoms with Gasteiger partial charge in [-0.05, 0) is 49.9 Å². The highest BCUT2D eigenvalue weighted by Gasteiger charge is 2.30. The quantitative estimate of drug-likeness (QED) is 0.784. The molecular weight excluding hydrogens is 277 g/mol. The van der Waals surface area contributed by atoms with E-state index in [1.54, 1.807) is 0 Å². The first-order valence-corrected chi connectivity index (χ1v) is 7.29. The van der Waals surface area contributed by atoms with Crippen LogP contribution in [-0.4, -0.2) is 13.1 Å². The van der Waals surface area contributed by atoms with Crippen LogP contribution in [0.3, 0.4) is 0 Å². The molecule has 0 fully saturated rings. The number of nitrogens with two attached hydrogens (primary N) is 1. The monoisotopic (exact) mass is 298 g/mol. The van der Waals surface area contributed by atoms with E-state index in [0.29, 0.717) is 6.54 Å². The number of allylic oxidation sites excluding steroid dienone is 1. The molecule has 0 aromatic heterocycles. The summed E-state index contributed by atoms with van der Waals surface area (Å²) in [7, 11) is 0. The molecule has 0 heterocycles. The van der Waals surface area contributed by atoms with E-state index in [0.717, 1.165) is 43.5 Å². The predicted molar refractivity (Wildman–Crippen MR) is 77.8 cm³/mol. The Bertz CT molecular complexity index is 477. The van der Waals surface area contributed by atoms with Crippen LogP contribution in [0.15, 0.2) is 35.9 Å². The fourth-order valence-corrected chi connectivity index (χ4v) is 2.61. The third-order valence-corrected chi connectivity index (χ3v) is 3.85. The summed E-state index contributed by atoms with van der Waals surface area (Å²) in [6.07, 6.45) is 2.52. The Morgan fingerprint density at radius 2 is 1.90 bits per heavy atom. The molecule has 21 heavy (non-hydrogen) atoms. The zero-order chi connectivity index (χ0) is 15.3. The highest BCUT2D eigenvalue weighted by atomic mass is 19.4. The summed E-state index contributed by atoms with van der Waals surface area (Å²) >= 11 is 0. The Balaban J connectivity index is 1.90. The van der Waals surface area contributed by atoms with Gasteiger partial charge in [0.05, 0.1) is 5.56 Å². The molecule has 1 aliphatic carbocycles. The molecule has 2 nitrogen and oxygen atoms in total. The second kappa shape index (κ2) is 7.09. The van der Waals surface area contributed by atoms with E-state index in [-0.39, 0.29) is 6.04 Å². The normalized spacial score (nSPS) is 16.9. The summed E-state index contributed by atoms with van der Waals surface area (Å²) in [5, 5.41) is 3.32. The van der Waals surface area contributed by atoms with E-state index in [4.69, 9.17) is 5.73 Å². The lowest BCUT2D eigenvalue weighted by Gasteiger charge is -2.18. The Hall–Kier alpha value is -1.33. The largest absolute Gasteiger partial charge is 0.416 e. The van der Waals surface area contributed by atoms with Crippen LogP contribution in [0.2, 0.25) is 0 Å². The van der Waals surface area contributed by atoms with Gasteiger partial charge < -0.3 is 11.1 Å². The molecule has 0 bridgehead atoms. The van der Waals surface area contributed by atoms with Crippen molar-refractivity contribution in [3.05, 3.63) is 47.0 Å². The zero-order valence-corrected chi connectivity index (χ0v) is 11.9. The Morgan fingerprint density at radius 3 is 2.43 bits per heavy atom. The van der Waals surface area contributed by atoms with Gasteiger partial charge in [-0.1, -0.05) is 23.8 Å². The van der Waals surface area contributed by atoms with Crippen LogP contribution in [0.25, 0.3) is 0 Å². The minimum atomic E-state index is -4.29. The molecule has 1 aromatic carbocycles. The smallest absolute Gasteiger partial charge is 0.329 e.